The van der Waals surface area contributed by atoms with Crippen LogP contribution in [-0.4, -0.2) is 15.6 Å². The van der Waals surface area contributed by atoms with Crippen molar-refractivity contribution >= 4 is 17.4 Å². The molecule has 0 saturated heterocycles. The van der Waals surface area contributed by atoms with Crippen molar-refractivity contribution in [1.82, 2.24) is 9.78 Å². The number of aryl methyl sites for hydroxylation is 2. The van der Waals surface area contributed by atoms with Crippen molar-refractivity contribution in [3.05, 3.63) is 45.7 Å². The minimum atomic E-state index is 0.205. The standard InChI is InChI=1S/C16H17ClN2O2/c1-10-16(17)13(19(2)18-10)9-21-15-8-4-5-11-12(15)6-3-7-14(11)20/h4-5,8H,3,6-7,9H2,1-2H3. The number of hydrogen-bond donors (Lipinski definition) is 0. The summed E-state index contributed by atoms with van der Waals surface area (Å²) in [6.45, 7) is 2.22. The number of hydrogen-bond acceptors (Lipinski definition) is 3. The van der Waals surface area contributed by atoms with Crippen LogP contribution in [0.1, 0.15) is 40.2 Å². The highest BCUT2D eigenvalue weighted by atomic mass is 35.5. The van der Waals surface area contributed by atoms with Gasteiger partial charge in [-0.05, 0) is 25.8 Å². The minimum absolute atomic E-state index is 0.205. The molecule has 0 fully saturated rings. The SMILES string of the molecule is Cc1nn(C)c(COc2cccc3c2CCCC3=O)c1Cl. The van der Waals surface area contributed by atoms with Crippen molar-refractivity contribution in [2.24, 2.45) is 7.05 Å². The monoisotopic (exact) mass is 304 g/mol. The third kappa shape index (κ3) is 2.56. The molecule has 0 saturated carbocycles. The molecular formula is C16H17ClN2O2. The van der Waals surface area contributed by atoms with Gasteiger partial charge >= 0.3 is 0 Å². The van der Waals surface area contributed by atoms with E-state index in [0.29, 0.717) is 18.1 Å². The van der Waals surface area contributed by atoms with Gasteiger partial charge in [-0.15, -0.1) is 0 Å². The summed E-state index contributed by atoms with van der Waals surface area (Å²) in [6.07, 6.45) is 2.40. The first-order valence-corrected chi connectivity index (χ1v) is 7.41. The van der Waals surface area contributed by atoms with Gasteiger partial charge in [0.1, 0.15) is 12.4 Å². The van der Waals surface area contributed by atoms with Crippen molar-refractivity contribution < 1.29 is 9.53 Å². The molecule has 4 nitrogen and oxygen atoms in total. The van der Waals surface area contributed by atoms with E-state index in [2.05, 4.69) is 5.10 Å². The molecule has 0 amide bonds. The summed E-state index contributed by atoms with van der Waals surface area (Å²) in [4.78, 5) is 11.9. The number of benzene rings is 1. The topological polar surface area (TPSA) is 44.1 Å². The number of rotatable bonds is 3. The lowest BCUT2D eigenvalue weighted by molar-refractivity contribution is 0.0971. The molecule has 1 aromatic heterocycles. The molecule has 0 bridgehead atoms. The molecule has 1 aliphatic rings. The Morgan fingerprint density at radius 3 is 2.90 bits per heavy atom. The highest BCUT2D eigenvalue weighted by molar-refractivity contribution is 6.31. The Bertz CT molecular complexity index is 707. The molecule has 0 unspecified atom stereocenters. The van der Waals surface area contributed by atoms with Gasteiger partial charge in [-0.1, -0.05) is 23.7 Å². The third-order valence-corrected chi connectivity index (χ3v) is 4.38. The highest BCUT2D eigenvalue weighted by Crippen LogP contribution is 2.30. The van der Waals surface area contributed by atoms with Crippen LogP contribution in [0, 0.1) is 6.92 Å². The second-order valence-electron chi connectivity index (χ2n) is 5.32. The lowest BCUT2D eigenvalue weighted by Gasteiger charge is -2.18. The Morgan fingerprint density at radius 1 is 1.38 bits per heavy atom. The van der Waals surface area contributed by atoms with Gasteiger partial charge in [0, 0.05) is 24.6 Å². The fourth-order valence-electron chi connectivity index (χ4n) is 2.76. The van der Waals surface area contributed by atoms with Crippen LogP contribution in [0.3, 0.4) is 0 Å². The van der Waals surface area contributed by atoms with E-state index >= 15 is 0 Å². The van der Waals surface area contributed by atoms with Gasteiger partial charge in [0.05, 0.1) is 16.4 Å². The van der Waals surface area contributed by atoms with Crippen molar-refractivity contribution in [2.45, 2.75) is 32.8 Å². The molecule has 0 spiro atoms. The van der Waals surface area contributed by atoms with E-state index in [9.17, 15) is 4.79 Å². The third-order valence-electron chi connectivity index (χ3n) is 3.89. The summed E-state index contributed by atoms with van der Waals surface area (Å²) in [5.41, 5.74) is 3.45. The van der Waals surface area contributed by atoms with Crippen molar-refractivity contribution in [1.29, 1.82) is 0 Å². The first kappa shape index (κ1) is 14.1. The van der Waals surface area contributed by atoms with E-state index in [0.717, 1.165) is 41.1 Å². The number of Topliss-reactive ketones (excluding diaryl/α,β-unsaturated/α-hetero) is 1. The first-order chi connectivity index (χ1) is 10.1. The lowest BCUT2D eigenvalue weighted by atomic mass is 9.90. The number of carbonyl (C=O) groups excluding carboxylic acids is 1. The van der Waals surface area contributed by atoms with Crippen LogP contribution in [0.4, 0.5) is 0 Å². The summed E-state index contributed by atoms with van der Waals surface area (Å²) in [5.74, 6) is 0.978. The molecule has 0 N–H and O–H groups in total. The Labute approximate surface area is 128 Å². The van der Waals surface area contributed by atoms with E-state index < -0.39 is 0 Å². The van der Waals surface area contributed by atoms with E-state index in [1.165, 1.54) is 0 Å². The van der Waals surface area contributed by atoms with Gasteiger partial charge in [-0.3, -0.25) is 9.48 Å². The molecule has 1 heterocycles. The fourth-order valence-corrected chi connectivity index (χ4v) is 2.98. The maximum atomic E-state index is 11.9. The Balaban J connectivity index is 1.86. The summed E-state index contributed by atoms with van der Waals surface area (Å²) in [6, 6.07) is 5.66. The van der Waals surface area contributed by atoms with Gasteiger partial charge < -0.3 is 4.74 Å². The van der Waals surface area contributed by atoms with Crippen LogP contribution >= 0.6 is 11.6 Å². The average Bonchev–Trinajstić information content (AvgIpc) is 2.71. The summed E-state index contributed by atoms with van der Waals surface area (Å²) < 4.78 is 7.65. The summed E-state index contributed by atoms with van der Waals surface area (Å²) in [5, 5.41) is 4.91. The Hall–Kier alpha value is -1.81. The van der Waals surface area contributed by atoms with E-state index in [-0.39, 0.29) is 5.78 Å². The van der Waals surface area contributed by atoms with Crippen LogP contribution in [0.25, 0.3) is 0 Å². The second-order valence-corrected chi connectivity index (χ2v) is 5.70. The number of carbonyl (C=O) groups is 1. The van der Waals surface area contributed by atoms with E-state index in [1.54, 1.807) is 4.68 Å². The number of fused-ring (bicyclic) bond motifs is 1. The lowest BCUT2D eigenvalue weighted by Crippen LogP contribution is -2.13. The van der Waals surface area contributed by atoms with Crippen LogP contribution in [0.5, 0.6) is 5.75 Å². The molecule has 1 aromatic carbocycles. The van der Waals surface area contributed by atoms with Crippen molar-refractivity contribution in [3.63, 3.8) is 0 Å². The molecule has 110 valence electrons. The summed E-state index contributed by atoms with van der Waals surface area (Å²) >= 11 is 6.23. The first-order valence-electron chi connectivity index (χ1n) is 7.04. The van der Waals surface area contributed by atoms with Crippen LogP contribution < -0.4 is 4.74 Å². The van der Waals surface area contributed by atoms with Gasteiger partial charge in [0.15, 0.2) is 5.78 Å². The quantitative estimate of drug-likeness (QED) is 0.872. The van der Waals surface area contributed by atoms with E-state index in [4.69, 9.17) is 16.3 Å². The van der Waals surface area contributed by atoms with Crippen LogP contribution in [-0.2, 0) is 20.1 Å². The molecule has 5 heteroatoms. The van der Waals surface area contributed by atoms with Gasteiger partial charge in [-0.25, -0.2) is 0 Å². The smallest absolute Gasteiger partial charge is 0.163 e. The highest BCUT2D eigenvalue weighted by Gasteiger charge is 2.21. The van der Waals surface area contributed by atoms with Crippen LogP contribution in [0.15, 0.2) is 18.2 Å². The molecule has 0 aliphatic heterocycles. The predicted octanol–water partition coefficient (Wildman–Crippen LogP) is 3.48. The predicted molar refractivity (Wildman–Crippen MR) is 81.0 cm³/mol. The molecule has 0 radical (unpaired) electrons. The van der Waals surface area contributed by atoms with Gasteiger partial charge in [0.2, 0.25) is 0 Å². The number of nitrogens with zero attached hydrogens (tertiary/aromatic N) is 2. The maximum Gasteiger partial charge on any atom is 0.163 e. The molecule has 21 heavy (non-hydrogen) atoms. The zero-order valence-corrected chi connectivity index (χ0v) is 12.9. The molecule has 1 aliphatic carbocycles. The largest absolute Gasteiger partial charge is 0.487 e. The van der Waals surface area contributed by atoms with Crippen LogP contribution in [0.2, 0.25) is 5.02 Å². The molecule has 2 aromatic rings. The number of halogens is 1. The number of ether oxygens (including phenoxy) is 1. The molecular weight excluding hydrogens is 288 g/mol. The van der Waals surface area contributed by atoms with Crippen molar-refractivity contribution in [3.8, 4) is 5.75 Å². The van der Waals surface area contributed by atoms with Crippen molar-refractivity contribution in [2.75, 3.05) is 0 Å². The normalized spacial score (nSPS) is 14.1. The second kappa shape index (κ2) is 5.53. The molecule has 0 atom stereocenters. The zero-order valence-electron chi connectivity index (χ0n) is 12.1. The Kier molecular flexibility index (Phi) is 3.72. The van der Waals surface area contributed by atoms with Gasteiger partial charge in [0.25, 0.3) is 0 Å². The average molecular weight is 305 g/mol. The number of aromatic nitrogens is 2. The zero-order chi connectivity index (χ0) is 15.0. The Morgan fingerprint density at radius 2 is 2.19 bits per heavy atom. The fraction of sp³-hybridized carbons (Fsp3) is 0.375. The molecule has 3 rings (SSSR count). The van der Waals surface area contributed by atoms with E-state index in [1.807, 2.05) is 32.2 Å². The summed E-state index contributed by atoms with van der Waals surface area (Å²) in [7, 11) is 1.85. The van der Waals surface area contributed by atoms with Gasteiger partial charge in [-0.2, -0.15) is 5.10 Å². The number of ketones is 1. The maximum absolute atomic E-state index is 11.9. The minimum Gasteiger partial charge on any atom is -0.487 e.